The monoisotopic (exact) mass is 352 g/mol. The molecule has 0 aliphatic rings. The Balaban J connectivity index is 1.50. The highest BCUT2D eigenvalue weighted by Gasteiger charge is 2.12. The third kappa shape index (κ3) is 4.37. The summed E-state index contributed by atoms with van der Waals surface area (Å²) in [6, 6.07) is 13.7. The van der Waals surface area contributed by atoms with E-state index in [9.17, 15) is 4.39 Å². The van der Waals surface area contributed by atoms with Crippen LogP contribution >= 0.6 is 0 Å². The van der Waals surface area contributed by atoms with Gasteiger partial charge in [-0.05, 0) is 47.9 Å². The molecule has 26 heavy (non-hydrogen) atoms. The van der Waals surface area contributed by atoms with Crippen molar-refractivity contribution in [2.24, 2.45) is 0 Å². The van der Waals surface area contributed by atoms with E-state index in [1.54, 1.807) is 12.1 Å². The topological polar surface area (TPSA) is 35.0 Å². The molecular weight excluding hydrogens is 327 g/mol. The van der Waals surface area contributed by atoms with Crippen LogP contribution in [0.25, 0.3) is 10.9 Å². The van der Waals surface area contributed by atoms with E-state index in [2.05, 4.69) is 55.0 Å². The highest BCUT2D eigenvalue weighted by molar-refractivity contribution is 5.83. The van der Waals surface area contributed by atoms with Gasteiger partial charge in [-0.25, -0.2) is 14.4 Å². The lowest BCUT2D eigenvalue weighted by molar-refractivity contribution is 0.299. The molecule has 136 valence electrons. The number of para-hydroxylation sites is 1. The van der Waals surface area contributed by atoms with Crippen LogP contribution in [0.4, 0.5) is 4.39 Å². The van der Waals surface area contributed by atoms with Gasteiger partial charge in [0.15, 0.2) is 0 Å². The van der Waals surface area contributed by atoms with E-state index in [0.717, 1.165) is 19.3 Å². The lowest BCUT2D eigenvalue weighted by Crippen LogP contribution is -2.10. The fourth-order valence-corrected chi connectivity index (χ4v) is 2.91. The predicted octanol–water partition coefficient (Wildman–Crippen LogP) is 5.47. The Bertz CT molecular complexity index is 869. The van der Waals surface area contributed by atoms with Gasteiger partial charge in [0.25, 0.3) is 0 Å². The standard InChI is InChI=1S/C22H25FN2O/c1-22(2,3)17-12-10-16(11-13-17)7-4-5-14-26-21-18-8-6-9-19(23)20(18)24-15-25-21/h6,8-13,15H,4-5,7,14H2,1-3H3. The van der Waals surface area contributed by atoms with Gasteiger partial charge < -0.3 is 4.74 Å². The van der Waals surface area contributed by atoms with Crippen LogP contribution in [-0.2, 0) is 11.8 Å². The molecule has 0 aliphatic heterocycles. The Morgan fingerprint density at radius 1 is 0.962 bits per heavy atom. The summed E-state index contributed by atoms with van der Waals surface area (Å²) in [5.41, 5.74) is 3.18. The van der Waals surface area contributed by atoms with Crippen LogP contribution in [0.3, 0.4) is 0 Å². The number of hydrogen-bond acceptors (Lipinski definition) is 3. The van der Waals surface area contributed by atoms with Crippen LogP contribution in [-0.4, -0.2) is 16.6 Å². The molecule has 0 radical (unpaired) electrons. The molecule has 2 aromatic carbocycles. The van der Waals surface area contributed by atoms with Crippen LogP contribution in [0.1, 0.15) is 44.7 Å². The molecule has 0 unspecified atom stereocenters. The number of aryl methyl sites for hydroxylation is 1. The SMILES string of the molecule is CC(C)(C)c1ccc(CCCCOc2ncnc3c(F)cccc23)cc1. The lowest BCUT2D eigenvalue weighted by atomic mass is 9.86. The fraction of sp³-hybridized carbons (Fsp3) is 0.364. The molecule has 3 aromatic rings. The molecule has 3 rings (SSSR count). The van der Waals surface area contributed by atoms with Crippen molar-refractivity contribution < 1.29 is 9.13 Å². The summed E-state index contributed by atoms with van der Waals surface area (Å²) in [5, 5.41) is 0.616. The largest absolute Gasteiger partial charge is 0.477 e. The summed E-state index contributed by atoms with van der Waals surface area (Å²) in [4.78, 5) is 8.12. The van der Waals surface area contributed by atoms with E-state index in [1.165, 1.54) is 23.5 Å². The number of benzene rings is 2. The summed E-state index contributed by atoms with van der Waals surface area (Å²) in [6.07, 6.45) is 4.32. The minimum absolute atomic E-state index is 0.187. The summed E-state index contributed by atoms with van der Waals surface area (Å²) >= 11 is 0. The van der Waals surface area contributed by atoms with Crippen molar-refractivity contribution in [3.8, 4) is 5.88 Å². The molecule has 0 atom stereocenters. The molecular formula is C22H25FN2O. The first-order valence-corrected chi connectivity index (χ1v) is 9.06. The fourth-order valence-electron chi connectivity index (χ4n) is 2.91. The molecule has 0 N–H and O–H groups in total. The van der Waals surface area contributed by atoms with Crippen LogP contribution in [0.15, 0.2) is 48.8 Å². The van der Waals surface area contributed by atoms with Gasteiger partial charge in [0.2, 0.25) is 5.88 Å². The van der Waals surface area contributed by atoms with E-state index in [1.807, 2.05) is 0 Å². The molecule has 3 nitrogen and oxygen atoms in total. The van der Waals surface area contributed by atoms with Gasteiger partial charge in [0.1, 0.15) is 17.7 Å². The lowest BCUT2D eigenvalue weighted by Gasteiger charge is -2.19. The van der Waals surface area contributed by atoms with Crippen molar-refractivity contribution in [2.45, 2.75) is 45.4 Å². The van der Waals surface area contributed by atoms with Crippen molar-refractivity contribution in [1.29, 1.82) is 0 Å². The van der Waals surface area contributed by atoms with Gasteiger partial charge in [-0.3, -0.25) is 0 Å². The maximum absolute atomic E-state index is 13.8. The van der Waals surface area contributed by atoms with Gasteiger partial charge in [0.05, 0.1) is 12.0 Å². The summed E-state index contributed by atoms with van der Waals surface area (Å²) in [7, 11) is 0. The number of halogens is 1. The minimum Gasteiger partial charge on any atom is -0.477 e. The van der Waals surface area contributed by atoms with Crippen LogP contribution in [0.5, 0.6) is 5.88 Å². The average Bonchev–Trinajstić information content (AvgIpc) is 2.62. The first-order chi connectivity index (χ1) is 12.4. The highest BCUT2D eigenvalue weighted by atomic mass is 19.1. The third-order valence-corrected chi connectivity index (χ3v) is 4.50. The van der Waals surface area contributed by atoms with Gasteiger partial charge in [-0.2, -0.15) is 0 Å². The van der Waals surface area contributed by atoms with Crippen molar-refractivity contribution in [3.05, 3.63) is 65.7 Å². The smallest absolute Gasteiger partial charge is 0.224 e. The molecule has 0 amide bonds. The summed E-state index contributed by atoms with van der Waals surface area (Å²) in [6.45, 7) is 7.23. The number of aromatic nitrogens is 2. The maximum Gasteiger partial charge on any atom is 0.224 e. The van der Waals surface area contributed by atoms with E-state index in [4.69, 9.17) is 4.74 Å². The first-order valence-electron chi connectivity index (χ1n) is 9.06. The van der Waals surface area contributed by atoms with Crippen molar-refractivity contribution >= 4 is 10.9 Å². The average molecular weight is 352 g/mol. The Morgan fingerprint density at radius 3 is 2.46 bits per heavy atom. The molecule has 0 spiro atoms. The normalized spacial score (nSPS) is 11.7. The number of fused-ring (bicyclic) bond motifs is 1. The van der Waals surface area contributed by atoms with Gasteiger partial charge >= 0.3 is 0 Å². The molecule has 0 saturated heterocycles. The zero-order valence-electron chi connectivity index (χ0n) is 15.6. The van der Waals surface area contributed by atoms with Crippen LogP contribution in [0.2, 0.25) is 0 Å². The summed E-state index contributed by atoms with van der Waals surface area (Å²) < 4.78 is 19.5. The second-order valence-corrected chi connectivity index (χ2v) is 7.57. The number of hydrogen-bond donors (Lipinski definition) is 0. The Kier molecular flexibility index (Phi) is 5.50. The van der Waals surface area contributed by atoms with Crippen LogP contribution in [0, 0.1) is 5.82 Å². The maximum atomic E-state index is 13.8. The molecule has 4 heteroatoms. The number of nitrogens with zero attached hydrogens (tertiary/aromatic N) is 2. The quantitative estimate of drug-likeness (QED) is 0.552. The zero-order valence-corrected chi connectivity index (χ0v) is 15.6. The molecule has 0 bridgehead atoms. The second-order valence-electron chi connectivity index (χ2n) is 7.57. The predicted molar refractivity (Wildman–Crippen MR) is 103 cm³/mol. The number of ether oxygens (including phenoxy) is 1. The second kappa shape index (κ2) is 7.81. The van der Waals surface area contributed by atoms with Crippen LogP contribution < -0.4 is 4.74 Å². The highest BCUT2D eigenvalue weighted by Crippen LogP contribution is 2.24. The van der Waals surface area contributed by atoms with E-state index < -0.39 is 0 Å². The molecule has 1 aromatic heterocycles. The number of unbranched alkanes of at least 4 members (excludes halogenated alkanes) is 1. The number of rotatable bonds is 6. The molecule has 0 aliphatic carbocycles. The van der Waals surface area contributed by atoms with E-state index >= 15 is 0 Å². The van der Waals surface area contributed by atoms with Crippen molar-refractivity contribution in [3.63, 3.8) is 0 Å². The minimum atomic E-state index is -0.353. The third-order valence-electron chi connectivity index (χ3n) is 4.50. The Hall–Kier alpha value is -2.49. The van der Waals surface area contributed by atoms with E-state index in [-0.39, 0.29) is 11.2 Å². The first kappa shape index (κ1) is 18.3. The molecule has 0 saturated carbocycles. The molecule has 1 heterocycles. The van der Waals surface area contributed by atoms with Crippen molar-refractivity contribution in [2.75, 3.05) is 6.61 Å². The van der Waals surface area contributed by atoms with Gasteiger partial charge in [0, 0.05) is 0 Å². The Morgan fingerprint density at radius 2 is 1.73 bits per heavy atom. The van der Waals surface area contributed by atoms with Crippen molar-refractivity contribution in [1.82, 2.24) is 9.97 Å². The van der Waals surface area contributed by atoms with Gasteiger partial charge in [-0.1, -0.05) is 51.1 Å². The van der Waals surface area contributed by atoms with Gasteiger partial charge in [-0.15, -0.1) is 0 Å². The van der Waals surface area contributed by atoms with E-state index in [0.29, 0.717) is 23.4 Å². The zero-order chi connectivity index (χ0) is 18.6. The Labute approximate surface area is 154 Å². The summed E-state index contributed by atoms with van der Waals surface area (Å²) in [5.74, 6) is 0.0949. The molecule has 0 fully saturated rings.